The molecule has 0 amide bonds. The lowest BCUT2D eigenvalue weighted by atomic mass is 10.1. The number of anilines is 1. The second-order valence-electron chi connectivity index (χ2n) is 7.44. The molecule has 0 spiro atoms. The standard InChI is InChI=1S/C22H18FN3O3S2/c1-13-11-16-5-3-4-6-18(16)26(13)31(27,28)20-12-19(30-14(20)2)22-24-21(25-29-22)15-7-9-17(23)10-8-15/h3-10,12-13H,11H2,1-2H3/t13-/m1/s1. The van der Waals surface area contributed by atoms with Crippen molar-refractivity contribution in [2.24, 2.45) is 0 Å². The van der Waals surface area contributed by atoms with Gasteiger partial charge in [-0.1, -0.05) is 23.4 Å². The maximum atomic E-state index is 13.6. The van der Waals surface area contributed by atoms with E-state index < -0.39 is 10.0 Å². The first-order valence-electron chi connectivity index (χ1n) is 9.67. The van der Waals surface area contributed by atoms with E-state index >= 15 is 0 Å². The second-order valence-corrected chi connectivity index (χ2v) is 10.5. The van der Waals surface area contributed by atoms with Crippen molar-refractivity contribution in [2.75, 3.05) is 4.31 Å². The summed E-state index contributed by atoms with van der Waals surface area (Å²) in [5.74, 6) is 0.185. The number of rotatable bonds is 4. The number of aryl methyl sites for hydroxylation is 1. The highest BCUT2D eigenvalue weighted by molar-refractivity contribution is 7.93. The van der Waals surface area contributed by atoms with E-state index in [1.165, 1.54) is 27.8 Å². The molecule has 0 bridgehead atoms. The highest BCUT2D eigenvalue weighted by Gasteiger charge is 2.37. The Bertz CT molecular complexity index is 1380. The molecule has 1 aliphatic heterocycles. The Morgan fingerprint density at radius 2 is 1.90 bits per heavy atom. The molecule has 9 heteroatoms. The fourth-order valence-corrected chi connectivity index (χ4v) is 7.06. The molecule has 4 aromatic rings. The molecule has 31 heavy (non-hydrogen) atoms. The van der Waals surface area contributed by atoms with Crippen LogP contribution in [0.25, 0.3) is 22.2 Å². The molecule has 0 saturated carbocycles. The molecular formula is C22H18FN3O3S2. The first kappa shape index (κ1) is 19.9. The van der Waals surface area contributed by atoms with E-state index in [-0.39, 0.29) is 22.6 Å². The molecular weight excluding hydrogens is 437 g/mol. The zero-order valence-corrected chi connectivity index (χ0v) is 18.4. The third-order valence-electron chi connectivity index (χ3n) is 5.29. The van der Waals surface area contributed by atoms with Gasteiger partial charge in [0, 0.05) is 16.5 Å². The highest BCUT2D eigenvalue weighted by atomic mass is 32.2. The topological polar surface area (TPSA) is 76.3 Å². The van der Waals surface area contributed by atoms with E-state index in [4.69, 9.17) is 4.52 Å². The Morgan fingerprint density at radius 3 is 2.68 bits per heavy atom. The molecule has 0 unspecified atom stereocenters. The van der Waals surface area contributed by atoms with Crippen molar-refractivity contribution in [1.82, 2.24) is 10.1 Å². The summed E-state index contributed by atoms with van der Waals surface area (Å²) in [4.78, 5) is 5.81. The third-order valence-corrected chi connectivity index (χ3v) is 8.52. The van der Waals surface area contributed by atoms with E-state index in [2.05, 4.69) is 10.1 Å². The Kier molecular flexibility index (Phi) is 4.67. The number of aromatic nitrogens is 2. The first-order valence-corrected chi connectivity index (χ1v) is 11.9. The Morgan fingerprint density at radius 1 is 1.16 bits per heavy atom. The van der Waals surface area contributed by atoms with Gasteiger partial charge in [-0.3, -0.25) is 4.31 Å². The van der Waals surface area contributed by atoms with Crippen LogP contribution in [-0.2, 0) is 16.4 Å². The van der Waals surface area contributed by atoms with E-state index in [1.807, 2.05) is 31.2 Å². The van der Waals surface area contributed by atoms with Crippen molar-refractivity contribution in [3.05, 3.63) is 70.9 Å². The average Bonchev–Trinajstić information content (AvgIpc) is 3.44. The van der Waals surface area contributed by atoms with Gasteiger partial charge < -0.3 is 4.52 Å². The monoisotopic (exact) mass is 455 g/mol. The minimum absolute atomic E-state index is 0.168. The van der Waals surface area contributed by atoms with Crippen LogP contribution in [0.4, 0.5) is 10.1 Å². The van der Waals surface area contributed by atoms with Crippen molar-refractivity contribution in [3.8, 4) is 22.2 Å². The Hall–Kier alpha value is -3.04. The zero-order valence-electron chi connectivity index (χ0n) is 16.7. The van der Waals surface area contributed by atoms with Gasteiger partial charge in [-0.25, -0.2) is 12.8 Å². The number of benzene rings is 2. The Balaban J connectivity index is 1.51. The molecule has 3 heterocycles. The van der Waals surface area contributed by atoms with Crippen LogP contribution in [0.2, 0.25) is 0 Å². The molecule has 5 rings (SSSR count). The lowest BCUT2D eigenvalue weighted by molar-refractivity contribution is 0.433. The third kappa shape index (κ3) is 3.34. The predicted octanol–water partition coefficient (Wildman–Crippen LogP) is 5.05. The van der Waals surface area contributed by atoms with Gasteiger partial charge in [-0.15, -0.1) is 11.3 Å². The smallest absolute Gasteiger partial charge is 0.268 e. The van der Waals surface area contributed by atoms with Crippen LogP contribution in [0.3, 0.4) is 0 Å². The van der Waals surface area contributed by atoms with Crippen molar-refractivity contribution in [2.45, 2.75) is 31.2 Å². The Labute approximate surface area is 183 Å². The van der Waals surface area contributed by atoms with Gasteiger partial charge in [-0.05, 0) is 62.2 Å². The van der Waals surface area contributed by atoms with Crippen molar-refractivity contribution in [3.63, 3.8) is 0 Å². The van der Waals surface area contributed by atoms with Crippen molar-refractivity contribution < 1.29 is 17.3 Å². The summed E-state index contributed by atoms with van der Waals surface area (Å²) < 4.78 is 47.1. The predicted molar refractivity (Wildman–Crippen MR) is 117 cm³/mol. The number of thiophene rings is 1. The molecule has 0 radical (unpaired) electrons. The van der Waals surface area contributed by atoms with Gasteiger partial charge in [0.15, 0.2) is 0 Å². The number of hydrogen-bond acceptors (Lipinski definition) is 6. The second kappa shape index (κ2) is 7.28. The van der Waals surface area contributed by atoms with Crippen molar-refractivity contribution >= 4 is 27.0 Å². The molecule has 2 aromatic carbocycles. The molecule has 1 aliphatic rings. The van der Waals surface area contributed by atoms with E-state index in [1.54, 1.807) is 25.1 Å². The summed E-state index contributed by atoms with van der Waals surface area (Å²) in [6, 6.07) is 14.8. The fraction of sp³-hybridized carbons (Fsp3) is 0.182. The number of sulfonamides is 1. The molecule has 0 saturated heterocycles. The van der Waals surface area contributed by atoms with E-state index in [0.717, 1.165) is 11.3 Å². The van der Waals surface area contributed by atoms with E-state index in [0.29, 0.717) is 27.6 Å². The molecule has 0 N–H and O–H groups in total. The van der Waals surface area contributed by atoms with Crippen LogP contribution in [0.5, 0.6) is 0 Å². The lowest BCUT2D eigenvalue weighted by Crippen LogP contribution is -2.35. The zero-order chi connectivity index (χ0) is 21.8. The van der Waals surface area contributed by atoms with Gasteiger partial charge >= 0.3 is 0 Å². The lowest BCUT2D eigenvalue weighted by Gasteiger charge is -2.24. The van der Waals surface area contributed by atoms with Crippen LogP contribution in [0, 0.1) is 12.7 Å². The number of halogens is 1. The van der Waals surface area contributed by atoms with E-state index in [9.17, 15) is 12.8 Å². The number of fused-ring (bicyclic) bond motifs is 1. The summed E-state index contributed by atoms with van der Waals surface area (Å²) in [6.07, 6.45) is 0.677. The maximum absolute atomic E-state index is 13.6. The van der Waals surface area contributed by atoms with Crippen LogP contribution in [-0.4, -0.2) is 24.6 Å². The van der Waals surface area contributed by atoms with Gasteiger partial charge in [0.1, 0.15) is 10.7 Å². The van der Waals surface area contributed by atoms with Crippen LogP contribution in [0.1, 0.15) is 17.4 Å². The minimum Gasteiger partial charge on any atom is -0.333 e. The largest absolute Gasteiger partial charge is 0.333 e. The molecule has 2 aromatic heterocycles. The SMILES string of the molecule is Cc1sc(-c2nc(-c3ccc(F)cc3)no2)cc1S(=O)(=O)N1c2ccccc2C[C@H]1C. The molecule has 158 valence electrons. The van der Waals surface area contributed by atoms with Gasteiger partial charge in [0.2, 0.25) is 5.82 Å². The van der Waals surface area contributed by atoms with Gasteiger partial charge in [0.05, 0.1) is 10.6 Å². The van der Waals surface area contributed by atoms with Crippen LogP contribution in [0.15, 0.2) is 64.0 Å². The summed E-state index contributed by atoms with van der Waals surface area (Å²) in [5, 5.41) is 3.95. The minimum atomic E-state index is -3.76. The first-order chi connectivity index (χ1) is 14.8. The number of para-hydroxylation sites is 1. The summed E-state index contributed by atoms with van der Waals surface area (Å²) >= 11 is 1.28. The average molecular weight is 456 g/mol. The molecule has 1 atom stereocenters. The quantitative estimate of drug-likeness (QED) is 0.430. The highest BCUT2D eigenvalue weighted by Crippen LogP contribution is 2.40. The number of hydrogen-bond donors (Lipinski definition) is 0. The summed E-state index contributed by atoms with van der Waals surface area (Å²) in [7, 11) is -3.76. The van der Waals surface area contributed by atoms with Crippen LogP contribution < -0.4 is 4.31 Å². The normalized spacial score (nSPS) is 16.0. The fourth-order valence-electron chi connectivity index (χ4n) is 3.88. The molecule has 6 nitrogen and oxygen atoms in total. The maximum Gasteiger partial charge on any atom is 0.268 e. The van der Waals surface area contributed by atoms with Gasteiger partial charge in [0.25, 0.3) is 15.9 Å². The number of nitrogens with zero attached hydrogens (tertiary/aromatic N) is 3. The molecule has 0 aliphatic carbocycles. The van der Waals surface area contributed by atoms with Crippen molar-refractivity contribution in [1.29, 1.82) is 0 Å². The van der Waals surface area contributed by atoms with Crippen LogP contribution >= 0.6 is 11.3 Å². The van der Waals surface area contributed by atoms with Gasteiger partial charge in [-0.2, -0.15) is 4.98 Å². The molecule has 0 fully saturated rings. The summed E-state index contributed by atoms with van der Waals surface area (Å²) in [6.45, 7) is 3.68. The summed E-state index contributed by atoms with van der Waals surface area (Å²) in [5.41, 5.74) is 2.35.